The van der Waals surface area contributed by atoms with E-state index in [0.29, 0.717) is 13.2 Å². The van der Waals surface area contributed by atoms with Gasteiger partial charge in [0, 0.05) is 6.54 Å². The van der Waals surface area contributed by atoms with Gasteiger partial charge >= 0.3 is 0 Å². The molecule has 4 nitrogen and oxygen atoms in total. The summed E-state index contributed by atoms with van der Waals surface area (Å²) in [7, 11) is 0. The van der Waals surface area contributed by atoms with Crippen molar-refractivity contribution in [3.63, 3.8) is 0 Å². The molecule has 1 rings (SSSR count). The van der Waals surface area contributed by atoms with E-state index in [0.717, 1.165) is 37.5 Å². The summed E-state index contributed by atoms with van der Waals surface area (Å²) >= 11 is 0. The molecule has 18 heavy (non-hydrogen) atoms. The number of rotatable bonds is 10. The third-order valence-electron chi connectivity index (χ3n) is 2.44. The Balaban J connectivity index is 2.08. The second kappa shape index (κ2) is 9.74. The van der Waals surface area contributed by atoms with Crippen LogP contribution in [0.5, 0.6) is 11.5 Å². The van der Waals surface area contributed by atoms with E-state index < -0.39 is 0 Å². The molecule has 0 saturated carbocycles. The summed E-state index contributed by atoms with van der Waals surface area (Å²) in [5.74, 6) is 1.75. The van der Waals surface area contributed by atoms with E-state index in [1.165, 1.54) is 0 Å². The predicted octanol–water partition coefficient (Wildman–Crippen LogP) is 1.83. The van der Waals surface area contributed by atoms with Crippen molar-refractivity contribution < 1.29 is 14.6 Å². The Labute approximate surface area is 109 Å². The molecule has 1 aromatic carbocycles. The van der Waals surface area contributed by atoms with Crippen LogP contribution in [0.1, 0.15) is 19.8 Å². The van der Waals surface area contributed by atoms with Crippen molar-refractivity contribution in [2.45, 2.75) is 19.8 Å². The summed E-state index contributed by atoms with van der Waals surface area (Å²) in [6, 6.07) is 7.69. The molecule has 0 saturated heterocycles. The highest BCUT2D eigenvalue weighted by Gasteiger charge is 1.96. The third-order valence-corrected chi connectivity index (χ3v) is 2.44. The smallest absolute Gasteiger partial charge is 0.119 e. The molecule has 0 amide bonds. The van der Waals surface area contributed by atoms with Crippen LogP contribution in [0, 0.1) is 0 Å². The molecular formula is C14H23NO3. The lowest BCUT2D eigenvalue weighted by atomic mass is 10.3. The number of aliphatic hydroxyl groups excluding tert-OH is 1. The molecule has 102 valence electrons. The summed E-state index contributed by atoms with van der Waals surface area (Å²) in [5.41, 5.74) is 0. The van der Waals surface area contributed by atoms with Gasteiger partial charge in [-0.05, 0) is 50.6 Å². The van der Waals surface area contributed by atoms with Gasteiger partial charge in [0.15, 0.2) is 0 Å². The van der Waals surface area contributed by atoms with E-state index in [-0.39, 0.29) is 6.61 Å². The summed E-state index contributed by atoms with van der Waals surface area (Å²) in [4.78, 5) is 0. The molecule has 0 aliphatic carbocycles. The van der Waals surface area contributed by atoms with Crippen LogP contribution in [0.4, 0.5) is 0 Å². The Bertz CT molecular complexity index is 300. The van der Waals surface area contributed by atoms with Gasteiger partial charge < -0.3 is 19.9 Å². The minimum absolute atomic E-state index is 0.197. The van der Waals surface area contributed by atoms with Gasteiger partial charge in [-0.1, -0.05) is 0 Å². The van der Waals surface area contributed by atoms with Crippen LogP contribution in [0.2, 0.25) is 0 Å². The minimum Gasteiger partial charge on any atom is -0.494 e. The fourth-order valence-corrected chi connectivity index (χ4v) is 1.54. The van der Waals surface area contributed by atoms with Gasteiger partial charge in [0.1, 0.15) is 11.5 Å². The predicted molar refractivity (Wildman–Crippen MR) is 72.3 cm³/mol. The summed E-state index contributed by atoms with van der Waals surface area (Å²) in [6.07, 6.45) is 2.06. The van der Waals surface area contributed by atoms with Crippen molar-refractivity contribution in [2.75, 3.05) is 32.9 Å². The highest BCUT2D eigenvalue weighted by atomic mass is 16.5. The van der Waals surface area contributed by atoms with Crippen molar-refractivity contribution in [2.24, 2.45) is 0 Å². The average Bonchev–Trinajstić information content (AvgIpc) is 2.40. The highest BCUT2D eigenvalue weighted by molar-refractivity contribution is 5.31. The maximum Gasteiger partial charge on any atom is 0.119 e. The first-order chi connectivity index (χ1) is 8.86. The summed E-state index contributed by atoms with van der Waals surface area (Å²) < 4.78 is 11.0. The van der Waals surface area contributed by atoms with Gasteiger partial charge in [0.05, 0.1) is 19.8 Å². The second-order valence-corrected chi connectivity index (χ2v) is 3.93. The molecule has 0 heterocycles. The zero-order chi connectivity index (χ0) is 13.1. The van der Waals surface area contributed by atoms with Gasteiger partial charge in [-0.2, -0.15) is 0 Å². The molecule has 0 aromatic heterocycles. The van der Waals surface area contributed by atoms with Crippen LogP contribution in [0.3, 0.4) is 0 Å². The summed E-state index contributed by atoms with van der Waals surface area (Å²) in [5, 5.41) is 11.7. The van der Waals surface area contributed by atoms with Gasteiger partial charge in [0.25, 0.3) is 0 Å². The van der Waals surface area contributed by atoms with Crippen LogP contribution >= 0.6 is 0 Å². The van der Waals surface area contributed by atoms with E-state index in [9.17, 15) is 0 Å². The van der Waals surface area contributed by atoms with Crippen molar-refractivity contribution in [1.29, 1.82) is 0 Å². The fraction of sp³-hybridized carbons (Fsp3) is 0.571. The monoisotopic (exact) mass is 253 g/mol. The van der Waals surface area contributed by atoms with Crippen LogP contribution in [0.15, 0.2) is 24.3 Å². The largest absolute Gasteiger partial charge is 0.494 e. The highest BCUT2D eigenvalue weighted by Crippen LogP contribution is 2.17. The Morgan fingerprint density at radius 2 is 1.67 bits per heavy atom. The van der Waals surface area contributed by atoms with Crippen molar-refractivity contribution in [1.82, 2.24) is 5.32 Å². The number of hydrogen-bond acceptors (Lipinski definition) is 4. The van der Waals surface area contributed by atoms with E-state index in [4.69, 9.17) is 14.6 Å². The molecular weight excluding hydrogens is 230 g/mol. The second-order valence-electron chi connectivity index (χ2n) is 3.93. The standard InChI is InChI=1S/C14H23NO3/c1-2-17-13-5-7-14(8-6-13)18-12-4-3-9-15-10-11-16/h5-8,15-16H,2-4,9-12H2,1H3. The van der Waals surface area contributed by atoms with Crippen LogP contribution in [0.25, 0.3) is 0 Å². The Morgan fingerprint density at radius 3 is 2.28 bits per heavy atom. The number of unbranched alkanes of at least 4 members (excludes halogenated alkanes) is 1. The molecule has 0 spiro atoms. The first-order valence-electron chi connectivity index (χ1n) is 6.54. The quantitative estimate of drug-likeness (QED) is 0.625. The molecule has 0 fully saturated rings. The van der Waals surface area contributed by atoms with Crippen molar-refractivity contribution >= 4 is 0 Å². The van der Waals surface area contributed by atoms with E-state index in [1.54, 1.807) is 0 Å². The lowest BCUT2D eigenvalue weighted by Crippen LogP contribution is -2.19. The number of nitrogens with one attached hydrogen (secondary N) is 1. The Hall–Kier alpha value is -1.26. The molecule has 4 heteroatoms. The van der Waals surface area contributed by atoms with Crippen LogP contribution in [-0.4, -0.2) is 38.0 Å². The lowest BCUT2D eigenvalue weighted by Gasteiger charge is -2.08. The van der Waals surface area contributed by atoms with Gasteiger partial charge in [-0.25, -0.2) is 0 Å². The molecule has 0 bridgehead atoms. The number of benzene rings is 1. The van der Waals surface area contributed by atoms with E-state index >= 15 is 0 Å². The molecule has 0 aliphatic rings. The molecule has 0 radical (unpaired) electrons. The first-order valence-corrected chi connectivity index (χ1v) is 6.54. The van der Waals surface area contributed by atoms with Crippen molar-refractivity contribution in [3.05, 3.63) is 24.3 Å². The van der Waals surface area contributed by atoms with Crippen LogP contribution in [-0.2, 0) is 0 Å². The van der Waals surface area contributed by atoms with Gasteiger partial charge in [0.2, 0.25) is 0 Å². The third kappa shape index (κ3) is 6.47. The molecule has 2 N–H and O–H groups in total. The molecule has 0 atom stereocenters. The Morgan fingerprint density at radius 1 is 1.00 bits per heavy atom. The first kappa shape index (κ1) is 14.8. The van der Waals surface area contributed by atoms with Gasteiger partial charge in [-0.15, -0.1) is 0 Å². The Kier molecular flexibility index (Phi) is 8.01. The molecule has 1 aromatic rings. The van der Waals surface area contributed by atoms with Gasteiger partial charge in [-0.3, -0.25) is 0 Å². The van der Waals surface area contributed by atoms with Crippen LogP contribution < -0.4 is 14.8 Å². The number of aliphatic hydroxyl groups is 1. The normalized spacial score (nSPS) is 10.3. The number of hydrogen-bond donors (Lipinski definition) is 2. The topological polar surface area (TPSA) is 50.7 Å². The summed E-state index contributed by atoms with van der Waals surface area (Å²) in [6.45, 7) is 5.15. The molecule has 0 unspecified atom stereocenters. The SMILES string of the molecule is CCOc1ccc(OCCCCNCCO)cc1. The molecule has 0 aliphatic heterocycles. The number of ether oxygens (including phenoxy) is 2. The average molecular weight is 253 g/mol. The lowest BCUT2D eigenvalue weighted by molar-refractivity contribution is 0.286. The maximum absolute atomic E-state index is 8.58. The zero-order valence-electron chi connectivity index (χ0n) is 11.0. The zero-order valence-corrected chi connectivity index (χ0v) is 11.0. The van der Waals surface area contributed by atoms with Crippen molar-refractivity contribution in [3.8, 4) is 11.5 Å². The minimum atomic E-state index is 0.197. The van der Waals surface area contributed by atoms with E-state index in [2.05, 4.69) is 5.32 Å². The van der Waals surface area contributed by atoms with E-state index in [1.807, 2.05) is 31.2 Å². The fourth-order valence-electron chi connectivity index (χ4n) is 1.54. The maximum atomic E-state index is 8.58.